The van der Waals surface area contributed by atoms with Crippen LogP contribution in [0.3, 0.4) is 0 Å². The van der Waals surface area contributed by atoms with Gasteiger partial charge in [0.2, 0.25) is 0 Å². The minimum absolute atomic E-state index is 0.00587. The molecule has 0 fully saturated rings. The van der Waals surface area contributed by atoms with Crippen LogP contribution in [0.15, 0.2) is 65.8 Å². The van der Waals surface area contributed by atoms with Crippen molar-refractivity contribution in [2.24, 2.45) is 0 Å². The van der Waals surface area contributed by atoms with Gasteiger partial charge >= 0.3 is 0 Å². The Kier molecular flexibility index (Phi) is 4.91. The summed E-state index contributed by atoms with van der Waals surface area (Å²) in [7, 11) is -3.82. The summed E-state index contributed by atoms with van der Waals surface area (Å²) in [6, 6.07) is 14.7. The summed E-state index contributed by atoms with van der Waals surface area (Å²) in [6.07, 6.45) is 3.46. The highest BCUT2D eigenvalue weighted by atomic mass is 32.2. The van der Waals surface area contributed by atoms with Crippen molar-refractivity contribution < 1.29 is 13.2 Å². The predicted molar refractivity (Wildman–Crippen MR) is 96.7 cm³/mol. The van der Waals surface area contributed by atoms with E-state index < -0.39 is 10.0 Å². The molecule has 1 heterocycles. The van der Waals surface area contributed by atoms with E-state index in [-0.39, 0.29) is 10.5 Å². The number of nitriles is 1. The first-order chi connectivity index (χ1) is 12.5. The van der Waals surface area contributed by atoms with E-state index in [9.17, 15) is 13.7 Å². The predicted octanol–water partition coefficient (Wildman–Crippen LogP) is 2.94. The second-order valence-corrected chi connectivity index (χ2v) is 6.99. The molecule has 3 rings (SSSR count). The molecule has 0 radical (unpaired) electrons. The maximum absolute atomic E-state index is 12.6. The molecule has 7 nitrogen and oxygen atoms in total. The third-order valence-corrected chi connectivity index (χ3v) is 4.95. The molecule has 0 amide bonds. The molecule has 0 aliphatic carbocycles. The van der Waals surface area contributed by atoms with Crippen molar-refractivity contribution >= 4 is 15.7 Å². The molecule has 132 valence electrons. The molecular weight excluding hydrogens is 352 g/mol. The minimum atomic E-state index is -3.82. The number of hydrogen-bond donors (Lipinski definition) is 1. The van der Waals surface area contributed by atoms with E-state index in [4.69, 9.17) is 4.74 Å². The van der Waals surface area contributed by atoms with Crippen molar-refractivity contribution in [3.8, 4) is 17.5 Å². The summed E-state index contributed by atoms with van der Waals surface area (Å²) < 4.78 is 34.6. The molecule has 0 aliphatic heterocycles. The van der Waals surface area contributed by atoms with E-state index in [2.05, 4.69) is 9.82 Å². The average molecular weight is 368 g/mol. The quantitative estimate of drug-likeness (QED) is 0.721. The number of benzene rings is 2. The molecule has 1 N–H and O–H groups in total. The number of aromatic nitrogens is 2. The normalized spacial score (nSPS) is 10.9. The van der Waals surface area contributed by atoms with Gasteiger partial charge in [-0.25, -0.2) is 13.1 Å². The highest BCUT2D eigenvalue weighted by Gasteiger charge is 2.17. The molecule has 0 spiro atoms. The first-order valence-electron chi connectivity index (χ1n) is 7.83. The lowest BCUT2D eigenvalue weighted by Crippen LogP contribution is -2.13. The Bertz CT molecular complexity index is 1040. The largest absolute Gasteiger partial charge is 0.492 e. The minimum Gasteiger partial charge on any atom is -0.492 e. The Balaban J connectivity index is 1.84. The van der Waals surface area contributed by atoms with Crippen LogP contribution in [0.1, 0.15) is 12.5 Å². The zero-order valence-electron chi connectivity index (χ0n) is 14.0. The number of anilines is 1. The number of nitrogens with one attached hydrogen (secondary N) is 1. The molecule has 26 heavy (non-hydrogen) atoms. The summed E-state index contributed by atoms with van der Waals surface area (Å²) in [5, 5.41) is 13.3. The fourth-order valence-corrected chi connectivity index (χ4v) is 3.45. The third-order valence-electron chi connectivity index (χ3n) is 3.57. The molecule has 8 heteroatoms. The molecule has 0 aliphatic rings. The lowest BCUT2D eigenvalue weighted by atomic mass is 10.2. The maximum Gasteiger partial charge on any atom is 0.261 e. The van der Waals surface area contributed by atoms with Crippen LogP contribution in [-0.4, -0.2) is 24.8 Å². The standard InChI is InChI=1S/C18H16N4O3S/c1-2-25-18-9-8-17(12-14(18)13-19)26(23,24)21-15-4-6-16(7-5-15)22-11-3-10-20-22/h3-12,21H,2H2,1H3. The van der Waals surface area contributed by atoms with Crippen LogP contribution in [0, 0.1) is 11.3 Å². The lowest BCUT2D eigenvalue weighted by molar-refractivity contribution is 0.339. The van der Waals surface area contributed by atoms with Crippen LogP contribution in [0.4, 0.5) is 5.69 Å². The maximum atomic E-state index is 12.6. The fourth-order valence-electron chi connectivity index (χ4n) is 2.36. The van der Waals surface area contributed by atoms with Gasteiger partial charge < -0.3 is 4.74 Å². The van der Waals surface area contributed by atoms with E-state index in [0.717, 1.165) is 5.69 Å². The molecule has 1 aromatic heterocycles. The number of hydrogen-bond acceptors (Lipinski definition) is 5. The highest BCUT2D eigenvalue weighted by Crippen LogP contribution is 2.24. The van der Waals surface area contributed by atoms with Crippen LogP contribution in [0.25, 0.3) is 5.69 Å². The molecule has 2 aromatic carbocycles. The van der Waals surface area contributed by atoms with E-state index in [1.807, 2.05) is 6.07 Å². The van der Waals surface area contributed by atoms with Gasteiger partial charge in [0.25, 0.3) is 10.0 Å². The average Bonchev–Trinajstić information content (AvgIpc) is 3.17. The van der Waals surface area contributed by atoms with Gasteiger partial charge in [-0.1, -0.05) is 0 Å². The Morgan fingerprint density at radius 3 is 2.62 bits per heavy atom. The molecule has 0 unspecified atom stereocenters. The van der Waals surface area contributed by atoms with Crippen LogP contribution in [0.2, 0.25) is 0 Å². The van der Waals surface area contributed by atoms with Gasteiger partial charge in [-0.2, -0.15) is 10.4 Å². The van der Waals surface area contributed by atoms with Gasteiger partial charge in [-0.05, 0) is 55.5 Å². The van der Waals surface area contributed by atoms with Crippen LogP contribution in [-0.2, 0) is 10.0 Å². The molecular formula is C18H16N4O3S. The summed E-state index contributed by atoms with van der Waals surface area (Å²) >= 11 is 0. The number of nitrogens with zero attached hydrogens (tertiary/aromatic N) is 3. The number of sulfonamides is 1. The second-order valence-electron chi connectivity index (χ2n) is 5.31. The Morgan fingerprint density at radius 1 is 1.23 bits per heavy atom. The van der Waals surface area contributed by atoms with Crippen molar-refractivity contribution in [1.82, 2.24) is 9.78 Å². The first kappa shape index (κ1) is 17.5. The molecule has 3 aromatic rings. The molecule has 0 bridgehead atoms. The van der Waals surface area contributed by atoms with Crippen LogP contribution >= 0.6 is 0 Å². The SMILES string of the molecule is CCOc1ccc(S(=O)(=O)Nc2ccc(-n3cccn3)cc2)cc1C#N. The number of ether oxygens (including phenoxy) is 1. The lowest BCUT2D eigenvalue weighted by Gasteiger charge is -2.11. The van der Waals surface area contributed by atoms with Gasteiger partial charge in [-0.3, -0.25) is 4.72 Å². The summed E-state index contributed by atoms with van der Waals surface area (Å²) in [5.74, 6) is 0.359. The topological polar surface area (TPSA) is 97.0 Å². The number of rotatable bonds is 6. The summed E-state index contributed by atoms with van der Waals surface area (Å²) in [5.41, 5.74) is 1.39. The van der Waals surface area contributed by atoms with Crippen LogP contribution < -0.4 is 9.46 Å². The smallest absolute Gasteiger partial charge is 0.261 e. The van der Waals surface area contributed by atoms with E-state index in [1.54, 1.807) is 54.3 Å². The van der Waals surface area contributed by atoms with Crippen molar-refractivity contribution in [3.05, 3.63) is 66.5 Å². The zero-order chi connectivity index (χ0) is 18.6. The van der Waals surface area contributed by atoms with Gasteiger partial charge in [0, 0.05) is 18.1 Å². The monoisotopic (exact) mass is 368 g/mol. The van der Waals surface area contributed by atoms with Gasteiger partial charge in [0.05, 0.1) is 22.8 Å². The first-order valence-corrected chi connectivity index (χ1v) is 9.31. The molecule has 0 saturated heterocycles. The van der Waals surface area contributed by atoms with Crippen molar-refractivity contribution in [3.63, 3.8) is 0 Å². The summed E-state index contributed by atoms with van der Waals surface area (Å²) in [6.45, 7) is 2.18. The van der Waals surface area contributed by atoms with Crippen molar-refractivity contribution in [1.29, 1.82) is 5.26 Å². The van der Waals surface area contributed by atoms with Crippen LogP contribution in [0.5, 0.6) is 5.75 Å². The van der Waals surface area contributed by atoms with E-state index in [0.29, 0.717) is 18.0 Å². The zero-order valence-corrected chi connectivity index (χ0v) is 14.8. The Hall–Kier alpha value is -3.31. The highest BCUT2D eigenvalue weighted by molar-refractivity contribution is 7.92. The molecule has 0 saturated carbocycles. The summed E-state index contributed by atoms with van der Waals surface area (Å²) in [4.78, 5) is -0.00587. The van der Waals surface area contributed by atoms with Gasteiger partial charge in [-0.15, -0.1) is 0 Å². The Labute approximate surface area is 151 Å². The van der Waals surface area contributed by atoms with E-state index in [1.165, 1.54) is 18.2 Å². The molecule has 0 atom stereocenters. The van der Waals surface area contributed by atoms with Gasteiger partial charge in [0.1, 0.15) is 11.8 Å². The van der Waals surface area contributed by atoms with Crippen molar-refractivity contribution in [2.75, 3.05) is 11.3 Å². The van der Waals surface area contributed by atoms with E-state index >= 15 is 0 Å². The fraction of sp³-hybridized carbons (Fsp3) is 0.111. The van der Waals surface area contributed by atoms with Crippen molar-refractivity contribution in [2.45, 2.75) is 11.8 Å². The van der Waals surface area contributed by atoms with Gasteiger partial charge in [0.15, 0.2) is 0 Å². The third kappa shape index (κ3) is 3.68. The Morgan fingerprint density at radius 2 is 2.00 bits per heavy atom. The second kappa shape index (κ2) is 7.29.